The summed E-state index contributed by atoms with van der Waals surface area (Å²) < 4.78 is 7.52. The molecule has 1 fully saturated rings. The zero-order valence-corrected chi connectivity index (χ0v) is 19.2. The van der Waals surface area contributed by atoms with E-state index in [2.05, 4.69) is 11.6 Å². The molecule has 0 spiro atoms. The summed E-state index contributed by atoms with van der Waals surface area (Å²) in [5.74, 6) is -0.929. The van der Waals surface area contributed by atoms with E-state index in [4.69, 9.17) is 16.3 Å². The molecule has 4 rings (SSSR count). The fourth-order valence-electron chi connectivity index (χ4n) is 4.01. The maximum absolute atomic E-state index is 13.1. The fourth-order valence-corrected chi connectivity index (χ4v) is 4.13. The standard InChI is InChI=1S/C26H24ClN3O4/c1-2-16-34-21-10-6-18(7-11-21)23-22(24(31)19-4-8-20(27)9-5-19)25(32)26(33)30(23)14-3-13-29-15-12-28-17-29/h2,4-12,15,17,23H,1,3,13-14,16H2,(H,31,32)/p+1. The van der Waals surface area contributed by atoms with Crippen LogP contribution >= 0.6 is 11.6 Å². The van der Waals surface area contributed by atoms with E-state index in [-0.39, 0.29) is 11.3 Å². The average Bonchev–Trinajstić information content (AvgIpc) is 3.45. The van der Waals surface area contributed by atoms with Gasteiger partial charge >= 0.3 is 0 Å². The maximum Gasteiger partial charge on any atom is 0.295 e. The number of ether oxygens (including phenoxy) is 1. The molecule has 174 valence electrons. The highest BCUT2D eigenvalue weighted by Crippen LogP contribution is 2.40. The lowest BCUT2D eigenvalue weighted by Gasteiger charge is -2.25. The quantitative estimate of drug-likeness (QED) is 0.160. The molecular formula is C26H25ClN3O4+. The van der Waals surface area contributed by atoms with Gasteiger partial charge in [-0.05, 0) is 42.0 Å². The van der Waals surface area contributed by atoms with Gasteiger partial charge in [-0.15, -0.1) is 0 Å². The van der Waals surface area contributed by atoms with Gasteiger partial charge in [0.15, 0.2) is 0 Å². The molecule has 1 atom stereocenters. The van der Waals surface area contributed by atoms with Crippen LogP contribution in [0.15, 0.2) is 85.5 Å². The summed E-state index contributed by atoms with van der Waals surface area (Å²) >= 11 is 5.98. The predicted molar refractivity (Wildman–Crippen MR) is 128 cm³/mol. The number of carbonyl (C=O) groups is 2. The number of rotatable bonds is 9. The predicted octanol–water partition coefficient (Wildman–Crippen LogP) is 4.03. The SMILES string of the molecule is C=CCOc1ccc(C2/C(=C(\O)c3ccc(Cl)cc3)C(=O)C(=O)N2CCC[n+]2cc[nH]c2)cc1. The topological polar surface area (TPSA) is 86.5 Å². The van der Waals surface area contributed by atoms with Crippen molar-refractivity contribution in [2.75, 3.05) is 13.2 Å². The zero-order valence-electron chi connectivity index (χ0n) is 18.5. The van der Waals surface area contributed by atoms with Crippen molar-refractivity contribution < 1.29 is 24.0 Å². The van der Waals surface area contributed by atoms with Crippen molar-refractivity contribution in [1.29, 1.82) is 0 Å². The molecule has 1 aliphatic heterocycles. The first kappa shape index (κ1) is 23.3. The highest BCUT2D eigenvalue weighted by Gasteiger charge is 2.45. The van der Waals surface area contributed by atoms with Crippen molar-refractivity contribution in [2.45, 2.75) is 19.0 Å². The van der Waals surface area contributed by atoms with Crippen LogP contribution in [0.2, 0.25) is 5.02 Å². The van der Waals surface area contributed by atoms with Crippen LogP contribution in [-0.4, -0.2) is 39.8 Å². The van der Waals surface area contributed by atoms with Crippen molar-refractivity contribution >= 4 is 29.1 Å². The number of halogens is 1. The zero-order chi connectivity index (χ0) is 24.1. The van der Waals surface area contributed by atoms with Crippen LogP contribution in [0.4, 0.5) is 0 Å². The summed E-state index contributed by atoms with van der Waals surface area (Å²) in [5, 5.41) is 11.6. The van der Waals surface area contributed by atoms with Gasteiger partial charge in [0, 0.05) is 23.6 Å². The molecule has 1 aliphatic rings. The van der Waals surface area contributed by atoms with E-state index in [9.17, 15) is 14.7 Å². The van der Waals surface area contributed by atoms with Gasteiger partial charge < -0.3 is 14.7 Å². The lowest BCUT2D eigenvalue weighted by molar-refractivity contribution is -0.695. The summed E-state index contributed by atoms with van der Waals surface area (Å²) in [6.45, 7) is 5.03. The molecule has 1 saturated heterocycles. The number of aliphatic hydroxyl groups excluding tert-OH is 1. The Hall–Kier alpha value is -3.84. The summed E-state index contributed by atoms with van der Waals surface area (Å²) in [4.78, 5) is 30.7. The Morgan fingerprint density at radius 1 is 1.18 bits per heavy atom. The Bertz CT molecular complexity index is 1200. The van der Waals surface area contributed by atoms with Gasteiger partial charge in [-0.1, -0.05) is 36.4 Å². The van der Waals surface area contributed by atoms with E-state index in [0.29, 0.717) is 48.0 Å². The van der Waals surface area contributed by atoms with Crippen LogP contribution in [-0.2, 0) is 16.1 Å². The Morgan fingerprint density at radius 2 is 1.91 bits per heavy atom. The van der Waals surface area contributed by atoms with Crippen LogP contribution in [0.1, 0.15) is 23.6 Å². The highest BCUT2D eigenvalue weighted by atomic mass is 35.5. The molecule has 34 heavy (non-hydrogen) atoms. The highest BCUT2D eigenvalue weighted by molar-refractivity contribution is 6.46. The van der Waals surface area contributed by atoms with Crippen LogP contribution in [0.5, 0.6) is 5.75 Å². The number of benzene rings is 2. The van der Waals surface area contributed by atoms with Gasteiger partial charge in [-0.3, -0.25) is 14.6 Å². The summed E-state index contributed by atoms with van der Waals surface area (Å²) in [7, 11) is 0. The number of hydrogen-bond acceptors (Lipinski definition) is 4. The van der Waals surface area contributed by atoms with Crippen LogP contribution < -0.4 is 9.30 Å². The minimum Gasteiger partial charge on any atom is -0.507 e. The molecule has 3 aromatic rings. The number of carbonyl (C=O) groups excluding carboxylic acids is 2. The number of aromatic amines is 1. The van der Waals surface area contributed by atoms with Gasteiger partial charge in [0.2, 0.25) is 6.33 Å². The normalized spacial score (nSPS) is 17.2. The summed E-state index contributed by atoms with van der Waals surface area (Å²) in [5.41, 5.74) is 1.18. The first-order valence-electron chi connectivity index (χ1n) is 10.9. The number of aryl methyl sites for hydroxylation is 1. The fraction of sp³-hybridized carbons (Fsp3) is 0.192. The molecule has 0 bridgehead atoms. The third-order valence-corrected chi connectivity index (χ3v) is 5.89. The lowest BCUT2D eigenvalue weighted by Crippen LogP contribution is -2.36. The second kappa shape index (κ2) is 10.4. The molecule has 0 aliphatic carbocycles. The van der Waals surface area contributed by atoms with Crippen LogP contribution in [0.25, 0.3) is 5.76 Å². The number of Topliss-reactive ketones (excluding diaryl/α,β-unsaturated/α-hetero) is 1. The number of amides is 1. The van der Waals surface area contributed by atoms with Gasteiger partial charge in [0.25, 0.3) is 11.7 Å². The molecule has 8 heteroatoms. The second-order valence-corrected chi connectivity index (χ2v) is 8.31. The number of aliphatic hydroxyl groups is 1. The van der Waals surface area contributed by atoms with Gasteiger partial charge in [-0.25, -0.2) is 4.57 Å². The van der Waals surface area contributed by atoms with Crippen LogP contribution in [0, 0.1) is 0 Å². The molecule has 2 heterocycles. The molecule has 1 aromatic heterocycles. The van der Waals surface area contributed by atoms with Crippen molar-refractivity contribution in [1.82, 2.24) is 9.88 Å². The van der Waals surface area contributed by atoms with E-state index < -0.39 is 17.7 Å². The summed E-state index contributed by atoms with van der Waals surface area (Å²) in [6, 6.07) is 12.9. The van der Waals surface area contributed by atoms with E-state index in [1.165, 1.54) is 4.90 Å². The van der Waals surface area contributed by atoms with E-state index in [0.717, 1.165) is 0 Å². The van der Waals surface area contributed by atoms with Gasteiger partial charge in [0.05, 0.1) is 18.2 Å². The third kappa shape index (κ3) is 4.89. The van der Waals surface area contributed by atoms with Gasteiger partial charge in [-0.2, -0.15) is 0 Å². The minimum atomic E-state index is -0.722. The van der Waals surface area contributed by atoms with Crippen LogP contribution in [0.3, 0.4) is 0 Å². The lowest BCUT2D eigenvalue weighted by atomic mass is 9.95. The number of imidazole rings is 1. The number of nitrogens with one attached hydrogen (secondary N) is 1. The molecule has 0 saturated carbocycles. The van der Waals surface area contributed by atoms with E-state index >= 15 is 0 Å². The number of aromatic nitrogens is 2. The van der Waals surface area contributed by atoms with Crippen molar-refractivity contribution in [3.63, 3.8) is 0 Å². The molecule has 1 unspecified atom stereocenters. The summed E-state index contributed by atoms with van der Waals surface area (Å²) in [6.07, 6.45) is 7.82. The Labute approximate surface area is 202 Å². The number of likely N-dealkylation sites (tertiary alicyclic amines) is 1. The smallest absolute Gasteiger partial charge is 0.295 e. The maximum atomic E-state index is 13.1. The molecular weight excluding hydrogens is 454 g/mol. The minimum absolute atomic E-state index is 0.0568. The monoisotopic (exact) mass is 478 g/mol. The molecule has 2 aromatic carbocycles. The number of hydrogen-bond donors (Lipinski definition) is 2. The molecule has 7 nitrogen and oxygen atoms in total. The van der Waals surface area contributed by atoms with Crippen molar-refractivity contribution in [3.05, 3.63) is 102 Å². The Balaban J connectivity index is 1.70. The third-order valence-electron chi connectivity index (χ3n) is 5.64. The Morgan fingerprint density at radius 3 is 2.56 bits per heavy atom. The van der Waals surface area contributed by atoms with Crippen molar-refractivity contribution in [2.24, 2.45) is 0 Å². The second-order valence-electron chi connectivity index (χ2n) is 7.87. The number of ketones is 1. The van der Waals surface area contributed by atoms with E-state index in [1.807, 2.05) is 23.3 Å². The largest absolute Gasteiger partial charge is 0.507 e. The number of nitrogens with zero attached hydrogens (tertiary/aromatic N) is 2. The average molecular weight is 479 g/mol. The number of H-pyrrole nitrogens is 1. The molecule has 1 amide bonds. The van der Waals surface area contributed by atoms with Crippen molar-refractivity contribution in [3.8, 4) is 5.75 Å². The van der Waals surface area contributed by atoms with Gasteiger partial charge in [0.1, 0.15) is 30.5 Å². The van der Waals surface area contributed by atoms with E-state index in [1.54, 1.807) is 54.6 Å². The molecule has 2 N–H and O–H groups in total. The molecule has 0 radical (unpaired) electrons. The first-order chi connectivity index (χ1) is 16.5. The first-order valence-corrected chi connectivity index (χ1v) is 11.3. The Kier molecular flexibility index (Phi) is 7.13.